The standard InChI is InChI=1S/C25H33N3O3/c1-3-19-9-11-20(12-10-19)24(29)27-21-13-16-28(17-14-21)23-8-5-4-7-22(23)25(30)26-15-6-18-31-2/h4-5,7-12,21H,3,6,13-18H2,1-2H3,(H,26,30)(H,27,29). The van der Waals surface area contributed by atoms with Crippen LogP contribution in [0.1, 0.15) is 52.5 Å². The summed E-state index contributed by atoms with van der Waals surface area (Å²) in [7, 11) is 1.66. The Balaban J connectivity index is 1.54. The van der Waals surface area contributed by atoms with Crippen molar-refractivity contribution in [3.63, 3.8) is 0 Å². The van der Waals surface area contributed by atoms with Crippen LogP contribution in [0.15, 0.2) is 48.5 Å². The van der Waals surface area contributed by atoms with E-state index >= 15 is 0 Å². The maximum Gasteiger partial charge on any atom is 0.253 e. The first-order chi connectivity index (χ1) is 15.1. The lowest BCUT2D eigenvalue weighted by molar-refractivity contribution is 0.0929. The fourth-order valence-electron chi connectivity index (χ4n) is 3.88. The van der Waals surface area contributed by atoms with Crippen molar-refractivity contribution in [1.82, 2.24) is 10.6 Å². The molecule has 0 bridgehead atoms. The van der Waals surface area contributed by atoms with E-state index in [9.17, 15) is 9.59 Å². The number of piperidine rings is 1. The third-order valence-electron chi connectivity index (χ3n) is 5.75. The van der Waals surface area contributed by atoms with Crippen molar-refractivity contribution in [2.75, 3.05) is 38.3 Å². The average molecular weight is 424 g/mol. The molecule has 3 rings (SSSR count). The van der Waals surface area contributed by atoms with E-state index in [4.69, 9.17) is 4.74 Å². The first kappa shape index (κ1) is 22.8. The molecule has 1 fully saturated rings. The van der Waals surface area contributed by atoms with Crippen LogP contribution in [0, 0.1) is 0 Å². The van der Waals surface area contributed by atoms with Gasteiger partial charge in [0.15, 0.2) is 0 Å². The summed E-state index contributed by atoms with van der Waals surface area (Å²) in [6, 6.07) is 15.7. The highest BCUT2D eigenvalue weighted by Gasteiger charge is 2.24. The van der Waals surface area contributed by atoms with Gasteiger partial charge < -0.3 is 20.3 Å². The van der Waals surface area contributed by atoms with Gasteiger partial charge in [-0.05, 0) is 55.5 Å². The van der Waals surface area contributed by atoms with Gasteiger partial charge in [-0.1, -0.05) is 31.2 Å². The van der Waals surface area contributed by atoms with Gasteiger partial charge in [0.2, 0.25) is 0 Å². The van der Waals surface area contributed by atoms with Crippen LogP contribution in [0.3, 0.4) is 0 Å². The second kappa shape index (κ2) is 11.5. The molecule has 0 atom stereocenters. The maximum absolute atomic E-state index is 12.6. The Bertz CT molecular complexity index is 859. The SMILES string of the molecule is CCc1ccc(C(=O)NC2CCN(c3ccccc3C(=O)NCCCOC)CC2)cc1. The van der Waals surface area contributed by atoms with Crippen LogP contribution in [0.25, 0.3) is 0 Å². The summed E-state index contributed by atoms with van der Waals surface area (Å²) < 4.78 is 5.03. The van der Waals surface area contributed by atoms with Gasteiger partial charge >= 0.3 is 0 Å². The molecule has 2 amide bonds. The molecule has 166 valence electrons. The molecule has 6 heteroatoms. The van der Waals surface area contributed by atoms with Gasteiger partial charge in [0, 0.05) is 50.6 Å². The zero-order valence-corrected chi connectivity index (χ0v) is 18.5. The van der Waals surface area contributed by atoms with Crippen molar-refractivity contribution in [3.05, 3.63) is 65.2 Å². The molecule has 0 radical (unpaired) electrons. The largest absolute Gasteiger partial charge is 0.385 e. The topological polar surface area (TPSA) is 70.7 Å². The number of amides is 2. The highest BCUT2D eigenvalue weighted by Crippen LogP contribution is 2.24. The molecule has 2 N–H and O–H groups in total. The first-order valence-corrected chi connectivity index (χ1v) is 11.1. The third kappa shape index (κ3) is 6.31. The van der Waals surface area contributed by atoms with Crippen molar-refractivity contribution in [1.29, 1.82) is 0 Å². The lowest BCUT2D eigenvalue weighted by atomic mass is 10.0. The minimum Gasteiger partial charge on any atom is -0.385 e. The predicted octanol–water partition coefficient (Wildman–Crippen LogP) is 3.41. The van der Waals surface area contributed by atoms with Crippen LogP contribution in [-0.2, 0) is 11.2 Å². The average Bonchev–Trinajstić information content (AvgIpc) is 2.82. The number of para-hydroxylation sites is 1. The molecular weight excluding hydrogens is 390 g/mol. The summed E-state index contributed by atoms with van der Waals surface area (Å²) in [5.41, 5.74) is 3.58. The zero-order valence-electron chi connectivity index (χ0n) is 18.5. The van der Waals surface area contributed by atoms with Crippen LogP contribution in [0.4, 0.5) is 5.69 Å². The fourth-order valence-corrected chi connectivity index (χ4v) is 3.88. The number of anilines is 1. The van der Waals surface area contributed by atoms with Gasteiger partial charge in [0.1, 0.15) is 0 Å². The van der Waals surface area contributed by atoms with Gasteiger partial charge in [-0.2, -0.15) is 0 Å². The molecular formula is C25H33N3O3. The van der Waals surface area contributed by atoms with E-state index in [1.54, 1.807) is 7.11 Å². The molecule has 0 spiro atoms. The third-order valence-corrected chi connectivity index (χ3v) is 5.75. The maximum atomic E-state index is 12.6. The summed E-state index contributed by atoms with van der Waals surface area (Å²) in [4.78, 5) is 27.5. The number of carbonyl (C=O) groups excluding carboxylic acids is 2. The van der Waals surface area contributed by atoms with E-state index < -0.39 is 0 Å². The Morgan fingerprint density at radius 1 is 1.03 bits per heavy atom. The normalized spacial score (nSPS) is 14.3. The van der Waals surface area contributed by atoms with E-state index in [1.165, 1.54) is 5.56 Å². The minimum absolute atomic E-state index is 0.0167. The summed E-state index contributed by atoms with van der Waals surface area (Å²) in [6.45, 7) is 4.92. The van der Waals surface area contributed by atoms with Crippen LogP contribution in [0.5, 0.6) is 0 Å². The Morgan fingerprint density at radius 2 is 1.74 bits per heavy atom. The Morgan fingerprint density at radius 3 is 2.42 bits per heavy atom. The van der Waals surface area contributed by atoms with Crippen LogP contribution >= 0.6 is 0 Å². The Labute approximate surface area is 185 Å². The lowest BCUT2D eigenvalue weighted by Crippen LogP contribution is -2.45. The molecule has 0 unspecified atom stereocenters. The lowest BCUT2D eigenvalue weighted by Gasteiger charge is -2.35. The number of aryl methyl sites for hydroxylation is 1. The molecule has 2 aromatic carbocycles. The molecule has 1 aliphatic heterocycles. The summed E-state index contributed by atoms with van der Waals surface area (Å²) >= 11 is 0. The molecule has 1 heterocycles. The molecule has 2 aromatic rings. The highest BCUT2D eigenvalue weighted by molar-refractivity contribution is 5.99. The smallest absolute Gasteiger partial charge is 0.253 e. The van der Waals surface area contributed by atoms with E-state index in [0.717, 1.165) is 44.5 Å². The fraction of sp³-hybridized carbons (Fsp3) is 0.440. The predicted molar refractivity (Wildman–Crippen MR) is 124 cm³/mol. The van der Waals surface area contributed by atoms with Gasteiger partial charge in [-0.15, -0.1) is 0 Å². The number of benzene rings is 2. The van der Waals surface area contributed by atoms with E-state index in [2.05, 4.69) is 22.5 Å². The van der Waals surface area contributed by atoms with Crippen LogP contribution in [-0.4, -0.2) is 51.2 Å². The monoisotopic (exact) mass is 423 g/mol. The minimum atomic E-state index is -0.0577. The van der Waals surface area contributed by atoms with Gasteiger partial charge in [0.05, 0.1) is 5.56 Å². The quantitative estimate of drug-likeness (QED) is 0.607. The van der Waals surface area contributed by atoms with Gasteiger partial charge in [0.25, 0.3) is 11.8 Å². The second-order valence-electron chi connectivity index (χ2n) is 7.90. The Kier molecular flexibility index (Phi) is 8.47. The molecule has 0 aromatic heterocycles. The van der Waals surface area contributed by atoms with Crippen LogP contribution < -0.4 is 15.5 Å². The molecule has 31 heavy (non-hydrogen) atoms. The van der Waals surface area contributed by atoms with E-state index in [1.807, 2.05) is 48.5 Å². The van der Waals surface area contributed by atoms with Crippen molar-refractivity contribution < 1.29 is 14.3 Å². The number of ether oxygens (including phenoxy) is 1. The van der Waals surface area contributed by atoms with Gasteiger partial charge in [-0.25, -0.2) is 0 Å². The van der Waals surface area contributed by atoms with Crippen molar-refractivity contribution in [3.8, 4) is 0 Å². The van der Waals surface area contributed by atoms with Crippen molar-refractivity contribution in [2.45, 2.75) is 38.6 Å². The van der Waals surface area contributed by atoms with Crippen molar-refractivity contribution in [2.24, 2.45) is 0 Å². The molecule has 1 aliphatic rings. The number of nitrogens with zero attached hydrogens (tertiary/aromatic N) is 1. The summed E-state index contributed by atoms with van der Waals surface area (Å²) in [5.74, 6) is -0.0744. The number of methoxy groups -OCH3 is 1. The Hall–Kier alpha value is -2.86. The summed E-state index contributed by atoms with van der Waals surface area (Å²) in [5, 5.41) is 6.14. The number of rotatable bonds is 9. The van der Waals surface area contributed by atoms with Gasteiger partial charge in [-0.3, -0.25) is 9.59 Å². The van der Waals surface area contributed by atoms with Crippen LogP contribution in [0.2, 0.25) is 0 Å². The number of hydrogen-bond donors (Lipinski definition) is 2. The number of nitrogens with one attached hydrogen (secondary N) is 2. The summed E-state index contributed by atoms with van der Waals surface area (Å²) in [6.07, 6.45) is 3.45. The molecule has 1 saturated heterocycles. The molecule has 0 saturated carbocycles. The molecule has 0 aliphatic carbocycles. The first-order valence-electron chi connectivity index (χ1n) is 11.1. The van der Waals surface area contributed by atoms with Crippen molar-refractivity contribution >= 4 is 17.5 Å². The zero-order chi connectivity index (χ0) is 22.1. The number of hydrogen-bond acceptors (Lipinski definition) is 4. The highest BCUT2D eigenvalue weighted by atomic mass is 16.5. The second-order valence-corrected chi connectivity index (χ2v) is 7.90. The van der Waals surface area contributed by atoms with E-state index in [0.29, 0.717) is 24.3 Å². The molecule has 6 nitrogen and oxygen atoms in total. The number of carbonyl (C=O) groups is 2. The van der Waals surface area contributed by atoms with E-state index in [-0.39, 0.29) is 17.9 Å².